The number of halogens is 2. The number of nitrogens with one attached hydrogen (secondary N) is 2. The first-order chi connectivity index (χ1) is 13.4. The van der Waals surface area contributed by atoms with E-state index in [1.165, 1.54) is 6.21 Å². The van der Waals surface area contributed by atoms with Crippen molar-refractivity contribution in [1.29, 1.82) is 0 Å². The summed E-state index contributed by atoms with van der Waals surface area (Å²) in [6.07, 6.45) is 1.43. The second-order valence-corrected chi connectivity index (χ2v) is 6.81. The number of hydrogen-bond donors (Lipinski definition) is 2. The lowest BCUT2D eigenvalue weighted by Crippen LogP contribution is -2.24. The molecule has 0 aliphatic carbocycles. The van der Waals surface area contributed by atoms with Gasteiger partial charge in [0.1, 0.15) is 0 Å². The van der Waals surface area contributed by atoms with Crippen LogP contribution in [-0.4, -0.2) is 31.4 Å². The summed E-state index contributed by atoms with van der Waals surface area (Å²) in [5.74, 6) is -0.169. The molecule has 0 aliphatic heterocycles. The average molecular weight is 469 g/mol. The number of anilines is 1. The second-order valence-electron chi connectivity index (χ2n) is 5.55. The lowest BCUT2D eigenvalue weighted by atomic mass is 10.2. The summed E-state index contributed by atoms with van der Waals surface area (Å²) >= 11 is 9.53. The highest BCUT2D eigenvalue weighted by atomic mass is 79.9. The molecule has 28 heavy (non-hydrogen) atoms. The van der Waals surface area contributed by atoms with Gasteiger partial charge in [0.15, 0.2) is 12.4 Å². The Kier molecular flexibility index (Phi) is 8.28. The zero-order valence-corrected chi connectivity index (χ0v) is 17.6. The summed E-state index contributed by atoms with van der Waals surface area (Å²) in [5.41, 5.74) is 4.64. The van der Waals surface area contributed by atoms with Crippen LogP contribution in [-0.2, 0) is 9.53 Å². The van der Waals surface area contributed by atoms with Crippen molar-refractivity contribution in [3.8, 4) is 5.75 Å². The lowest BCUT2D eigenvalue weighted by Gasteiger charge is -2.10. The van der Waals surface area contributed by atoms with E-state index in [1.54, 1.807) is 25.1 Å². The lowest BCUT2D eigenvalue weighted by molar-refractivity contribution is -0.145. The monoisotopic (exact) mass is 467 g/mol. The van der Waals surface area contributed by atoms with Gasteiger partial charge in [0.25, 0.3) is 0 Å². The smallest absolute Gasteiger partial charge is 0.344 e. The molecule has 0 bridgehead atoms. The molecule has 2 aromatic rings. The van der Waals surface area contributed by atoms with Crippen LogP contribution in [0.25, 0.3) is 0 Å². The number of para-hydroxylation sites is 1. The maximum Gasteiger partial charge on any atom is 0.344 e. The Hall–Kier alpha value is -2.58. The Bertz CT molecular complexity index is 866. The fourth-order valence-electron chi connectivity index (χ4n) is 2.15. The largest absolute Gasteiger partial charge is 0.479 e. The zero-order valence-electron chi connectivity index (χ0n) is 15.3. The number of carbonyl (C=O) groups excluding carboxylic acids is 2. The summed E-state index contributed by atoms with van der Waals surface area (Å²) in [4.78, 5) is 23.3. The van der Waals surface area contributed by atoms with Crippen molar-refractivity contribution in [3.63, 3.8) is 0 Å². The van der Waals surface area contributed by atoms with Gasteiger partial charge in [-0.05, 0) is 59.1 Å². The highest BCUT2D eigenvalue weighted by molar-refractivity contribution is 9.10. The van der Waals surface area contributed by atoms with E-state index in [1.807, 2.05) is 25.1 Å². The number of nitrogens with zero attached hydrogens (tertiary/aromatic N) is 1. The normalized spacial score (nSPS) is 10.6. The number of hydrogen-bond acceptors (Lipinski definition) is 5. The molecule has 0 radical (unpaired) electrons. The predicted octanol–water partition coefficient (Wildman–Crippen LogP) is 4.51. The quantitative estimate of drug-likeness (QED) is 0.355. The molecule has 9 heteroatoms. The first kappa shape index (κ1) is 21.7. The number of esters is 1. The van der Waals surface area contributed by atoms with Gasteiger partial charge in [-0.2, -0.15) is 5.10 Å². The molecule has 2 aromatic carbocycles. The standard InChI is InChI=1S/C19H19BrClN3O4/c1-3-27-17(25)11-28-18-14(20)8-13(9-15(18)21)10-22-24-19(26)23-16-7-5-4-6-12(16)2/h4-10H,3,11H2,1-2H3,(H2,23,24,26). The number of carbonyl (C=O) groups is 2. The first-order valence-corrected chi connectivity index (χ1v) is 9.51. The van der Waals surface area contributed by atoms with Gasteiger partial charge >= 0.3 is 12.0 Å². The summed E-state index contributed by atoms with van der Waals surface area (Å²) < 4.78 is 10.7. The SMILES string of the molecule is CCOC(=O)COc1c(Cl)cc(C=NNC(=O)Nc2ccccc2C)cc1Br. The van der Waals surface area contributed by atoms with Crippen molar-refractivity contribution in [2.45, 2.75) is 13.8 Å². The third-order valence-corrected chi connectivity index (χ3v) is 4.30. The van der Waals surface area contributed by atoms with Crippen LogP contribution in [0.5, 0.6) is 5.75 Å². The maximum atomic E-state index is 11.9. The predicted molar refractivity (Wildman–Crippen MR) is 112 cm³/mol. The van der Waals surface area contributed by atoms with E-state index in [2.05, 4.69) is 31.8 Å². The van der Waals surface area contributed by atoms with E-state index in [4.69, 9.17) is 21.1 Å². The van der Waals surface area contributed by atoms with E-state index in [9.17, 15) is 9.59 Å². The van der Waals surface area contributed by atoms with Gasteiger partial charge in [0.2, 0.25) is 0 Å². The Labute approximate surface area is 176 Å². The summed E-state index contributed by atoms with van der Waals surface area (Å²) in [6, 6.07) is 10.2. The third-order valence-electron chi connectivity index (χ3n) is 3.43. The van der Waals surface area contributed by atoms with Gasteiger partial charge in [-0.15, -0.1) is 0 Å². The van der Waals surface area contributed by atoms with Crippen molar-refractivity contribution < 1.29 is 19.1 Å². The maximum absolute atomic E-state index is 11.9. The molecule has 0 saturated heterocycles. The highest BCUT2D eigenvalue weighted by Crippen LogP contribution is 2.34. The van der Waals surface area contributed by atoms with Crippen molar-refractivity contribution in [3.05, 3.63) is 57.0 Å². The number of ether oxygens (including phenoxy) is 2. The van der Waals surface area contributed by atoms with E-state index < -0.39 is 12.0 Å². The number of benzene rings is 2. The Balaban J connectivity index is 1.95. The van der Waals surface area contributed by atoms with Crippen LogP contribution in [0.3, 0.4) is 0 Å². The first-order valence-electron chi connectivity index (χ1n) is 8.34. The fourth-order valence-corrected chi connectivity index (χ4v) is 3.14. The van der Waals surface area contributed by atoms with Crippen LogP contribution >= 0.6 is 27.5 Å². The molecule has 0 unspecified atom stereocenters. The van der Waals surface area contributed by atoms with Crippen molar-refractivity contribution in [2.75, 3.05) is 18.5 Å². The van der Waals surface area contributed by atoms with Crippen LogP contribution in [0.15, 0.2) is 46.0 Å². The summed E-state index contributed by atoms with van der Waals surface area (Å²) in [6.45, 7) is 3.63. The van der Waals surface area contributed by atoms with Gasteiger partial charge in [-0.25, -0.2) is 15.0 Å². The number of amides is 2. The van der Waals surface area contributed by atoms with Crippen LogP contribution in [0, 0.1) is 6.92 Å². The Morgan fingerprint density at radius 1 is 1.29 bits per heavy atom. The van der Waals surface area contributed by atoms with Crippen LogP contribution in [0.1, 0.15) is 18.1 Å². The van der Waals surface area contributed by atoms with E-state index in [0.29, 0.717) is 21.5 Å². The molecule has 2 amide bonds. The van der Waals surface area contributed by atoms with Crippen LogP contribution in [0.2, 0.25) is 5.02 Å². The van der Waals surface area contributed by atoms with Gasteiger partial charge in [-0.3, -0.25) is 0 Å². The number of urea groups is 1. The molecule has 148 valence electrons. The minimum Gasteiger partial charge on any atom is -0.479 e. The molecule has 2 N–H and O–H groups in total. The van der Waals surface area contributed by atoms with Crippen molar-refractivity contribution >= 4 is 51.4 Å². The third kappa shape index (κ3) is 6.54. The van der Waals surface area contributed by atoms with Gasteiger partial charge in [0.05, 0.1) is 22.3 Å². The summed E-state index contributed by atoms with van der Waals surface area (Å²) in [7, 11) is 0. The van der Waals surface area contributed by atoms with Crippen LogP contribution < -0.4 is 15.5 Å². The number of aryl methyl sites for hydroxylation is 1. The Morgan fingerprint density at radius 3 is 2.71 bits per heavy atom. The molecule has 7 nitrogen and oxygen atoms in total. The molecule has 0 fully saturated rings. The molecule has 0 saturated carbocycles. The van der Waals surface area contributed by atoms with Gasteiger partial charge in [-0.1, -0.05) is 29.8 Å². The van der Waals surface area contributed by atoms with Crippen molar-refractivity contribution in [2.24, 2.45) is 5.10 Å². The van der Waals surface area contributed by atoms with E-state index in [-0.39, 0.29) is 18.2 Å². The van der Waals surface area contributed by atoms with E-state index in [0.717, 1.165) is 5.56 Å². The fraction of sp³-hybridized carbons (Fsp3) is 0.211. The van der Waals surface area contributed by atoms with E-state index >= 15 is 0 Å². The molecule has 0 heterocycles. The number of hydrazone groups is 1. The Morgan fingerprint density at radius 2 is 2.04 bits per heavy atom. The average Bonchev–Trinajstić information content (AvgIpc) is 2.63. The molecular formula is C19H19BrClN3O4. The molecule has 2 rings (SSSR count). The number of rotatable bonds is 7. The minimum atomic E-state index is -0.486. The zero-order chi connectivity index (χ0) is 20.5. The van der Waals surface area contributed by atoms with Gasteiger partial charge < -0.3 is 14.8 Å². The van der Waals surface area contributed by atoms with Gasteiger partial charge in [0, 0.05) is 5.69 Å². The topological polar surface area (TPSA) is 89.0 Å². The molecule has 0 spiro atoms. The minimum absolute atomic E-state index is 0.250. The van der Waals surface area contributed by atoms with Crippen molar-refractivity contribution in [1.82, 2.24) is 5.43 Å². The highest BCUT2D eigenvalue weighted by Gasteiger charge is 2.11. The summed E-state index contributed by atoms with van der Waals surface area (Å²) in [5, 5.41) is 6.88. The molecule has 0 aliphatic rings. The molecular weight excluding hydrogens is 450 g/mol. The second kappa shape index (κ2) is 10.7. The molecule has 0 aromatic heterocycles. The molecule has 0 atom stereocenters. The van der Waals surface area contributed by atoms with Crippen LogP contribution in [0.4, 0.5) is 10.5 Å².